The van der Waals surface area contributed by atoms with E-state index in [1.165, 1.54) is 43.8 Å². The molecule has 0 spiro atoms. The second-order valence-corrected chi connectivity index (χ2v) is 7.30. The van der Waals surface area contributed by atoms with Crippen LogP contribution in [0.25, 0.3) is 43.8 Å². The van der Waals surface area contributed by atoms with Crippen LogP contribution >= 0.6 is 0 Å². The van der Waals surface area contributed by atoms with E-state index in [1.807, 2.05) is 24.3 Å². The van der Waals surface area contributed by atoms with Crippen molar-refractivity contribution in [3.05, 3.63) is 97.1 Å². The first-order valence-corrected chi connectivity index (χ1v) is 10.0. The fourth-order valence-corrected chi connectivity index (χ4v) is 4.27. The third-order valence-electron chi connectivity index (χ3n) is 5.69. The zero-order valence-corrected chi connectivity index (χ0v) is 17.1. The van der Waals surface area contributed by atoms with Crippen molar-refractivity contribution >= 4 is 21.5 Å². The molecular formula is C28H22O2. The van der Waals surface area contributed by atoms with Gasteiger partial charge >= 0.3 is 0 Å². The van der Waals surface area contributed by atoms with Gasteiger partial charge in [-0.15, -0.1) is 0 Å². The van der Waals surface area contributed by atoms with E-state index < -0.39 is 0 Å². The molecule has 2 nitrogen and oxygen atoms in total. The van der Waals surface area contributed by atoms with E-state index in [1.54, 1.807) is 14.2 Å². The van der Waals surface area contributed by atoms with Gasteiger partial charge in [-0.05, 0) is 68.1 Å². The number of rotatable bonds is 4. The summed E-state index contributed by atoms with van der Waals surface area (Å²) in [6.45, 7) is 0. The molecule has 0 aliphatic heterocycles. The van der Waals surface area contributed by atoms with E-state index in [9.17, 15) is 0 Å². The molecule has 30 heavy (non-hydrogen) atoms. The van der Waals surface area contributed by atoms with E-state index >= 15 is 0 Å². The first-order valence-electron chi connectivity index (χ1n) is 10.0. The topological polar surface area (TPSA) is 18.5 Å². The molecule has 5 aromatic carbocycles. The Labute approximate surface area is 176 Å². The highest BCUT2D eigenvalue weighted by molar-refractivity contribution is 6.21. The molecule has 0 aromatic heterocycles. The minimum Gasteiger partial charge on any atom is -0.497 e. The Morgan fingerprint density at radius 1 is 0.400 bits per heavy atom. The van der Waals surface area contributed by atoms with Crippen LogP contribution in [0.4, 0.5) is 0 Å². The lowest BCUT2D eigenvalue weighted by atomic mass is 9.86. The largest absolute Gasteiger partial charge is 0.497 e. The summed E-state index contributed by atoms with van der Waals surface area (Å²) in [5.41, 5.74) is 4.87. The van der Waals surface area contributed by atoms with Crippen molar-refractivity contribution < 1.29 is 9.47 Å². The standard InChI is InChI=1S/C28H22O2/c1-29-21-15-11-19(12-16-21)27-23-7-3-5-9-25(23)28(26-10-6-4-8-24(26)27)20-13-17-22(30-2)18-14-20/h3-18H,1-2H3. The molecule has 0 saturated heterocycles. The van der Waals surface area contributed by atoms with Crippen molar-refractivity contribution in [2.75, 3.05) is 14.2 Å². The molecule has 5 rings (SSSR count). The van der Waals surface area contributed by atoms with Gasteiger partial charge in [-0.2, -0.15) is 0 Å². The smallest absolute Gasteiger partial charge is 0.118 e. The van der Waals surface area contributed by atoms with Crippen molar-refractivity contribution in [2.24, 2.45) is 0 Å². The molecule has 0 atom stereocenters. The van der Waals surface area contributed by atoms with Gasteiger partial charge in [0.2, 0.25) is 0 Å². The van der Waals surface area contributed by atoms with Crippen LogP contribution in [0.3, 0.4) is 0 Å². The second kappa shape index (κ2) is 7.57. The molecule has 0 aliphatic rings. The average molecular weight is 390 g/mol. The monoisotopic (exact) mass is 390 g/mol. The molecule has 5 aromatic rings. The molecular weight excluding hydrogens is 368 g/mol. The molecule has 0 bridgehead atoms. The number of hydrogen-bond acceptors (Lipinski definition) is 2. The molecule has 0 radical (unpaired) electrons. The molecule has 0 aliphatic carbocycles. The zero-order chi connectivity index (χ0) is 20.5. The first kappa shape index (κ1) is 18.3. The number of hydrogen-bond donors (Lipinski definition) is 0. The Hall–Kier alpha value is -3.78. The van der Waals surface area contributed by atoms with Crippen molar-refractivity contribution in [2.45, 2.75) is 0 Å². The molecule has 0 saturated carbocycles. The molecule has 0 N–H and O–H groups in total. The fraction of sp³-hybridized carbons (Fsp3) is 0.0714. The van der Waals surface area contributed by atoms with Crippen molar-refractivity contribution in [1.82, 2.24) is 0 Å². The van der Waals surface area contributed by atoms with E-state index in [-0.39, 0.29) is 0 Å². The second-order valence-electron chi connectivity index (χ2n) is 7.30. The third-order valence-corrected chi connectivity index (χ3v) is 5.69. The molecule has 146 valence electrons. The fourth-order valence-electron chi connectivity index (χ4n) is 4.27. The highest BCUT2D eigenvalue weighted by Crippen LogP contribution is 2.43. The Morgan fingerprint density at radius 3 is 0.967 bits per heavy atom. The minimum absolute atomic E-state index is 0.863. The molecule has 0 fully saturated rings. The molecule has 2 heteroatoms. The van der Waals surface area contributed by atoms with Crippen LogP contribution < -0.4 is 9.47 Å². The summed E-state index contributed by atoms with van der Waals surface area (Å²) < 4.78 is 10.7. The molecule has 0 amide bonds. The van der Waals surface area contributed by atoms with Crippen LogP contribution in [0.5, 0.6) is 11.5 Å². The molecule has 0 heterocycles. The number of fused-ring (bicyclic) bond motifs is 2. The number of methoxy groups -OCH3 is 2. The predicted octanol–water partition coefficient (Wildman–Crippen LogP) is 7.34. The van der Waals surface area contributed by atoms with Gasteiger partial charge in [0.15, 0.2) is 0 Å². The van der Waals surface area contributed by atoms with Gasteiger partial charge < -0.3 is 9.47 Å². The van der Waals surface area contributed by atoms with Crippen LogP contribution in [0.2, 0.25) is 0 Å². The maximum atomic E-state index is 5.37. The van der Waals surface area contributed by atoms with Crippen molar-refractivity contribution in [1.29, 1.82) is 0 Å². The maximum Gasteiger partial charge on any atom is 0.118 e. The summed E-state index contributed by atoms with van der Waals surface area (Å²) in [5, 5.41) is 4.97. The Morgan fingerprint density at radius 2 is 0.700 bits per heavy atom. The first-order chi connectivity index (χ1) is 14.8. The summed E-state index contributed by atoms with van der Waals surface area (Å²) in [6, 6.07) is 34.0. The van der Waals surface area contributed by atoms with Gasteiger partial charge in [0.25, 0.3) is 0 Å². The number of benzene rings is 5. The van der Waals surface area contributed by atoms with Crippen molar-refractivity contribution in [3.8, 4) is 33.8 Å². The average Bonchev–Trinajstić information content (AvgIpc) is 2.82. The summed E-state index contributed by atoms with van der Waals surface area (Å²) in [6.07, 6.45) is 0. The summed E-state index contributed by atoms with van der Waals surface area (Å²) in [7, 11) is 3.40. The van der Waals surface area contributed by atoms with E-state index in [2.05, 4.69) is 72.8 Å². The summed E-state index contributed by atoms with van der Waals surface area (Å²) in [5.74, 6) is 1.73. The quantitative estimate of drug-likeness (QED) is 0.299. The number of ether oxygens (including phenoxy) is 2. The normalized spacial score (nSPS) is 11.0. The maximum absolute atomic E-state index is 5.37. The van der Waals surface area contributed by atoms with Gasteiger partial charge in [-0.1, -0.05) is 72.8 Å². The van der Waals surface area contributed by atoms with E-state index in [4.69, 9.17) is 9.47 Å². The van der Waals surface area contributed by atoms with E-state index in [0.717, 1.165) is 11.5 Å². The Kier molecular flexibility index (Phi) is 4.61. The highest BCUT2D eigenvalue weighted by Gasteiger charge is 2.16. The molecule has 0 unspecified atom stereocenters. The Bertz CT molecular complexity index is 1170. The van der Waals surface area contributed by atoms with Gasteiger partial charge in [-0.3, -0.25) is 0 Å². The van der Waals surface area contributed by atoms with Crippen LogP contribution in [-0.2, 0) is 0 Å². The lowest BCUT2D eigenvalue weighted by Gasteiger charge is -2.18. The predicted molar refractivity (Wildman–Crippen MR) is 125 cm³/mol. The Balaban J connectivity index is 1.88. The van der Waals surface area contributed by atoms with Crippen LogP contribution in [0.15, 0.2) is 97.1 Å². The van der Waals surface area contributed by atoms with Gasteiger partial charge in [-0.25, -0.2) is 0 Å². The third kappa shape index (κ3) is 2.98. The van der Waals surface area contributed by atoms with Crippen LogP contribution in [0.1, 0.15) is 0 Å². The van der Waals surface area contributed by atoms with Gasteiger partial charge in [0.05, 0.1) is 14.2 Å². The SMILES string of the molecule is COc1ccc(-c2c3ccccc3c(-c3ccc(OC)cc3)c3ccccc23)cc1. The lowest BCUT2D eigenvalue weighted by molar-refractivity contribution is 0.415. The van der Waals surface area contributed by atoms with Gasteiger partial charge in [0.1, 0.15) is 11.5 Å². The summed E-state index contributed by atoms with van der Waals surface area (Å²) in [4.78, 5) is 0. The summed E-state index contributed by atoms with van der Waals surface area (Å²) >= 11 is 0. The minimum atomic E-state index is 0.863. The van der Waals surface area contributed by atoms with Gasteiger partial charge in [0, 0.05) is 0 Å². The van der Waals surface area contributed by atoms with Crippen molar-refractivity contribution in [3.63, 3.8) is 0 Å². The zero-order valence-electron chi connectivity index (χ0n) is 17.1. The van der Waals surface area contributed by atoms with Crippen LogP contribution in [-0.4, -0.2) is 14.2 Å². The van der Waals surface area contributed by atoms with E-state index in [0.29, 0.717) is 0 Å². The highest BCUT2D eigenvalue weighted by atomic mass is 16.5. The lowest BCUT2D eigenvalue weighted by Crippen LogP contribution is -1.91. The van der Waals surface area contributed by atoms with Crippen LogP contribution in [0, 0.1) is 0 Å².